The molecule has 1 aromatic rings. The minimum absolute atomic E-state index is 0.0143. The normalized spacial score (nSPS) is 17.6. The smallest absolute Gasteiger partial charge is 0.246 e. The van der Waals surface area contributed by atoms with Gasteiger partial charge in [-0.3, -0.25) is 4.79 Å². The van der Waals surface area contributed by atoms with E-state index in [1.165, 1.54) is 11.9 Å². The van der Waals surface area contributed by atoms with Gasteiger partial charge in [-0.05, 0) is 12.1 Å². The number of nitrogens with two attached hydrogens (primary N) is 1. The molecular weight excluding hydrogens is 292 g/mol. The first-order chi connectivity index (χ1) is 9.23. The van der Waals surface area contributed by atoms with Crippen LogP contribution in [-0.2, 0) is 14.8 Å². The summed E-state index contributed by atoms with van der Waals surface area (Å²) in [6, 6.07) is 1.54. The van der Waals surface area contributed by atoms with Crippen molar-refractivity contribution in [2.75, 3.05) is 32.4 Å². The summed E-state index contributed by atoms with van der Waals surface area (Å²) < 4.78 is 52.3. The van der Waals surface area contributed by atoms with Crippen molar-refractivity contribution in [2.24, 2.45) is 0 Å². The summed E-state index contributed by atoms with van der Waals surface area (Å²) in [5, 5.41) is 0. The number of carbonyl (C=O) groups is 1. The molecule has 0 unspecified atom stereocenters. The van der Waals surface area contributed by atoms with Gasteiger partial charge in [-0.25, -0.2) is 17.2 Å². The molecule has 1 aliphatic rings. The van der Waals surface area contributed by atoms with E-state index >= 15 is 0 Å². The molecule has 0 radical (unpaired) electrons. The molecule has 1 amide bonds. The predicted octanol–water partition coefficient (Wildman–Crippen LogP) is 0.00970. The number of piperazine rings is 1. The van der Waals surface area contributed by atoms with Crippen molar-refractivity contribution in [3.05, 3.63) is 23.8 Å². The number of anilines is 1. The Kier molecular flexibility index (Phi) is 3.65. The van der Waals surface area contributed by atoms with Gasteiger partial charge in [-0.1, -0.05) is 0 Å². The second-order valence-electron chi connectivity index (χ2n) is 4.47. The number of carbonyl (C=O) groups excluding carboxylic acids is 1. The fraction of sp³-hybridized carbons (Fsp3) is 0.364. The second-order valence-corrected chi connectivity index (χ2v) is 6.38. The van der Waals surface area contributed by atoms with Gasteiger partial charge in [0.1, 0.15) is 4.90 Å². The maximum atomic E-state index is 13.7. The third kappa shape index (κ3) is 2.46. The first-order valence-electron chi connectivity index (χ1n) is 5.72. The Morgan fingerprint density at radius 1 is 1.25 bits per heavy atom. The third-order valence-electron chi connectivity index (χ3n) is 3.06. The molecule has 1 saturated heterocycles. The van der Waals surface area contributed by atoms with E-state index in [1.54, 1.807) is 0 Å². The Morgan fingerprint density at radius 3 is 2.50 bits per heavy atom. The number of likely N-dealkylation sites (N-methyl/N-ethyl adjacent to an activating group) is 1. The molecule has 1 heterocycles. The van der Waals surface area contributed by atoms with Crippen LogP contribution in [0.25, 0.3) is 0 Å². The maximum Gasteiger partial charge on any atom is 0.246 e. The molecule has 0 aromatic heterocycles. The van der Waals surface area contributed by atoms with Gasteiger partial charge in [0.2, 0.25) is 15.9 Å². The topological polar surface area (TPSA) is 83.7 Å². The molecule has 1 fully saturated rings. The van der Waals surface area contributed by atoms with E-state index in [0.29, 0.717) is 6.07 Å². The van der Waals surface area contributed by atoms with E-state index in [-0.39, 0.29) is 18.8 Å². The number of rotatable bonds is 2. The predicted molar refractivity (Wildman–Crippen MR) is 67.2 cm³/mol. The summed E-state index contributed by atoms with van der Waals surface area (Å²) >= 11 is 0. The zero-order valence-corrected chi connectivity index (χ0v) is 11.5. The van der Waals surface area contributed by atoms with Crippen molar-refractivity contribution in [2.45, 2.75) is 4.90 Å². The van der Waals surface area contributed by atoms with Crippen molar-refractivity contribution in [1.82, 2.24) is 9.21 Å². The van der Waals surface area contributed by atoms with Gasteiger partial charge in [0, 0.05) is 25.8 Å². The largest absolute Gasteiger partial charge is 0.399 e. The van der Waals surface area contributed by atoms with E-state index in [2.05, 4.69) is 0 Å². The lowest BCUT2D eigenvalue weighted by molar-refractivity contribution is -0.132. The summed E-state index contributed by atoms with van der Waals surface area (Å²) in [4.78, 5) is 12.0. The number of nitrogens with zero attached hydrogens (tertiary/aromatic N) is 2. The summed E-state index contributed by atoms with van der Waals surface area (Å²) in [7, 11) is -2.77. The van der Waals surface area contributed by atoms with Crippen molar-refractivity contribution >= 4 is 21.6 Å². The van der Waals surface area contributed by atoms with Gasteiger partial charge in [-0.2, -0.15) is 4.31 Å². The van der Waals surface area contributed by atoms with Crippen LogP contribution in [-0.4, -0.2) is 50.2 Å². The van der Waals surface area contributed by atoms with E-state index < -0.39 is 39.0 Å². The lowest BCUT2D eigenvalue weighted by Crippen LogP contribution is -2.50. The monoisotopic (exact) mass is 305 g/mol. The number of halogens is 2. The highest BCUT2D eigenvalue weighted by atomic mass is 32.2. The highest BCUT2D eigenvalue weighted by Gasteiger charge is 2.34. The molecule has 20 heavy (non-hydrogen) atoms. The summed E-state index contributed by atoms with van der Waals surface area (Å²) in [5.41, 5.74) is 5.13. The average Bonchev–Trinajstić information content (AvgIpc) is 2.36. The van der Waals surface area contributed by atoms with Gasteiger partial charge < -0.3 is 10.6 Å². The first-order valence-corrected chi connectivity index (χ1v) is 7.16. The lowest BCUT2D eigenvalue weighted by Gasteiger charge is -2.31. The van der Waals surface area contributed by atoms with E-state index in [0.717, 1.165) is 10.4 Å². The molecular formula is C11H13F2N3O3S. The fourth-order valence-corrected chi connectivity index (χ4v) is 3.34. The molecule has 0 bridgehead atoms. The van der Waals surface area contributed by atoms with Gasteiger partial charge in [0.15, 0.2) is 11.6 Å². The fourth-order valence-electron chi connectivity index (χ4n) is 1.85. The molecule has 2 rings (SSSR count). The van der Waals surface area contributed by atoms with Gasteiger partial charge in [0.25, 0.3) is 0 Å². The van der Waals surface area contributed by atoms with Crippen LogP contribution >= 0.6 is 0 Å². The molecule has 1 aromatic carbocycles. The first kappa shape index (κ1) is 14.7. The minimum Gasteiger partial charge on any atom is -0.399 e. The average molecular weight is 305 g/mol. The molecule has 2 N–H and O–H groups in total. The van der Waals surface area contributed by atoms with E-state index in [4.69, 9.17) is 5.73 Å². The lowest BCUT2D eigenvalue weighted by atomic mass is 10.3. The number of benzene rings is 1. The Morgan fingerprint density at radius 2 is 1.90 bits per heavy atom. The zero-order valence-electron chi connectivity index (χ0n) is 10.6. The van der Waals surface area contributed by atoms with Crippen molar-refractivity contribution in [3.63, 3.8) is 0 Å². The number of nitrogen functional groups attached to an aromatic ring is 1. The molecule has 9 heteroatoms. The molecule has 0 spiro atoms. The Labute approximate surface area is 114 Å². The quantitative estimate of drug-likeness (QED) is 0.780. The van der Waals surface area contributed by atoms with E-state index in [1.807, 2.05) is 0 Å². The standard InChI is InChI=1S/C11H13F2N3O3S/c1-15-2-3-16(6-10(15)17)20(18,19)9-5-7(14)4-8(12)11(9)13/h4-5H,2-3,6,14H2,1H3. The third-order valence-corrected chi connectivity index (χ3v) is 4.90. The van der Waals surface area contributed by atoms with Crippen LogP contribution in [0.4, 0.5) is 14.5 Å². The van der Waals surface area contributed by atoms with E-state index in [9.17, 15) is 22.0 Å². The zero-order chi connectivity index (χ0) is 15.1. The van der Waals surface area contributed by atoms with Crippen LogP contribution < -0.4 is 5.73 Å². The Hall–Kier alpha value is -1.74. The molecule has 0 saturated carbocycles. The van der Waals surface area contributed by atoms with Crippen molar-refractivity contribution < 1.29 is 22.0 Å². The molecule has 6 nitrogen and oxygen atoms in total. The molecule has 1 aliphatic heterocycles. The van der Waals surface area contributed by atoms with Gasteiger partial charge in [-0.15, -0.1) is 0 Å². The highest BCUT2D eigenvalue weighted by molar-refractivity contribution is 7.89. The summed E-state index contributed by atoms with van der Waals surface area (Å²) in [5.74, 6) is -3.25. The minimum atomic E-state index is -4.30. The number of sulfonamides is 1. The Bertz CT molecular complexity index is 663. The van der Waals surface area contributed by atoms with Crippen molar-refractivity contribution in [1.29, 1.82) is 0 Å². The van der Waals surface area contributed by atoms with Crippen LogP contribution in [0.2, 0.25) is 0 Å². The molecule has 110 valence electrons. The Balaban J connectivity index is 2.44. The van der Waals surface area contributed by atoms with Crippen LogP contribution in [0.5, 0.6) is 0 Å². The number of hydrogen-bond acceptors (Lipinski definition) is 4. The molecule has 0 aliphatic carbocycles. The van der Waals surface area contributed by atoms with Gasteiger partial charge in [0.05, 0.1) is 6.54 Å². The van der Waals surface area contributed by atoms with Crippen molar-refractivity contribution in [3.8, 4) is 0 Å². The SMILES string of the molecule is CN1CCN(S(=O)(=O)c2cc(N)cc(F)c2F)CC1=O. The summed E-state index contributed by atoms with van der Waals surface area (Å²) in [6.45, 7) is -0.209. The van der Waals surface area contributed by atoms with Crippen LogP contribution in [0.15, 0.2) is 17.0 Å². The number of hydrogen-bond donors (Lipinski definition) is 1. The number of amides is 1. The van der Waals surface area contributed by atoms with Crippen LogP contribution in [0.3, 0.4) is 0 Å². The second kappa shape index (κ2) is 4.98. The molecule has 0 atom stereocenters. The van der Waals surface area contributed by atoms with Crippen LogP contribution in [0, 0.1) is 11.6 Å². The summed E-state index contributed by atoms with van der Waals surface area (Å²) in [6.07, 6.45) is 0. The van der Waals surface area contributed by atoms with Crippen LogP contribution in [0.1, 0.15) is 0 Å². The maximum absolute atomic E-state index is 13.7. The highest BCUT2D eigenvalue weighted by Crippen LogP contribution is 2.25. The van der Waals surface area contributed by atoms with Gasteiger partial charge >= 0.3 is 0 Å².